The van der Waals surface area contributed by atoms with Crippen LogP contribution in [-0.4, -0.2) is 10.2 Å². The van der Waals surface area contributed by atoms with E-state index in [0.29, 0.717) is 6.54 Å². The van der Waals surface area contributed by atoms with Crippen molar-refractivity contribution in [1.82, 2.24) is 15.5 Å². The first-order chi connectivity index (χ1) is 7.77. The molecule has 2 rings (SSSR count). The van der Waals surface area contributed by atoms with E-state index < -0.39 is 11.6 Å². The maximum atomic E-state index is 13.2. The van der Waals surface area contributed by atoms with Crippen LogP contribution in [-0.2, 0) is 13.1 Å². The highest BCUT2D eigenvalue weighted by molar-refractivity contribution is 5.19. The number of hydrogen-bond donors (Lipinski definition) is 2. The number of rotatable bonds is 4. The number of nitrogens with one attached hydrogen (secondary N) is 2. The minimum Gasteiger partial charge on any atom is -0.307 e. The van der Waals surface area contributed by atoms with Gasteiger partial charge in [-0.15, -0.1) is 0 Å². The molecule has 0 aliphatic rings. The normalized spacial score (nSPS) is 10.6. The second kappa shape index (κ2) is 4.85. The number of H-pyrrole nitrogens is 1. The lowest BCUT2D eigenvalue weighted by atomic mass is 10.2. The number of halogens is 2. The van der Waals surface area contributed by atoms with Gasteiger partial charge >= 0.3 is 0 Å². The predicted molar refractivity (Wildman–Crippen MR) is 55.5 cm³/mol. The van der Waals surface area contributed by atoms with E-state index in [0.717, 1.165) is 5.69 Å². The van der Waals surface area contributed by atoms with Crippen LogP contribution in [0.25, 0.3) is 0 Å². The molecule has 0 unspecified atom stereocenters. The molecule has 1 aromatic heterocycles. The van der Waals surface area contributed by atoms with E-state index in [-0.39, 0.29) is 12.1 Å². The van der Waals surface area contributed by atoms with Crippen LogP contribution in [0.5, 0.6) is 0 Å². The largest absolute Gasteiger partial charge is 0.307 e. The van der Waals surface area contributed by atoms with Gasteiger partial charge in [0.25, 0.3) is 0 Å². The molecule has 0 spiro atoms. The molecule has 1 aromatic carbocycles. The van der Waals surface area contributed by atoms with Crippen LogP contribution < -0.4 is 5.32 Å². The van der Waals surface area contributed by atoms with Gasteiger partial charge in [-0.05, 0) is 18.2 Å². The molecule has 0 aliphatic carbocycles. The summed E-state index contributed by atoms with van der Waals surface area (Å²) in [6.45, 7) is 0.644. The smallest absolute Gasteiger partial charge is 0.130 e. The summed E-state index contributed by atoms with van der Waals surface area (Å²) in [5.41, 5.74) is 0.929. The quantitative estimate of drug-likeness (QED) is 0.832. The molecule has 0 bridgehead atoms. The van der Waals surface area contributed by atoms with Gasteiger partial charge < -0.3 is 5.32 Å². The first kappa shape index (κ1) is 10.8. The second-order valence-corrected chi connectivity index (χ2v) is 3.39. The molecule has 0 saturated heterocycles. The Bertz CT molecular complexity index is 434. The number of hydrogen-bond acceptors (Lipinski definition) is 2. The van der Waals surface area contributed by atoms with E-state index in [1.165, 1.54) is 18.2 Å². The topological polar surface area (TPSA) is 40.7 Å². The summed E-state index contributed by atoms with van der Waals surface area (Å²) in [6.07, 6.45) is 1.63. The van der Waals surface area contributed by atoms with Crippen LogP contribution in [0.4, 0.5) is 8.78 Å². The summed E-state index contributed by atoms with van der Waals surface area (Å²) in [4.78, 5) is 0. The Hall–Kier alpha value is -1.75. The Kier molecular flexibility index (Phi) is 3.26. The Labute approximate surface area is 91.5 Å². The fraction of sp³-hybridized carbons (Fsp3) is 0.182. The fourth-order valence-electron chi connectivity index (χ4n) is 1.41. The average molecular weight is 223 g/mol. The molecule has 0 amide bonds. The van der Waals surface area contributed by atoms with Gasteiger partial charge in [0.2, 0.25) is 0 Å². The molecule has 2 aromatic rings. The number of aromatic amines is 1. The summed E-state index contributed by atoms with van der Waals surface area (Å²) >= 11 is 0. The van der Waals surface area contributed by atoms with E-state index in [9.17, 15) is 8.78 Å². The van der Waals surface area contributed by atoms with Gasteiger partial charge in [-0.3, -0.25) is 5.10 Å². The monoisotopic (exact) mass is 223 g/mol. The van der Waals surface area contributed by atoms with E-state index in [2.05, 4.69) is 15.5 Å². The van der Waals surface area contributed by atoms with Crippen LogP contribution in [0.2, 0.25) is 0 Å². The highest BCUT2D eigenvalue weighted by Crippen LogP contribution is 2.11. The predicted octanol–water partition coefficient (Wildman–Crippen LogP) is 1.98. The lowest BCUT2D eigenvalue weighted by Gasteiger charge is -2.05. The first-order valence-electron chi connectivity index (χ1n) is 4.89. The van der Waals surface area contributed by atoms with Gasteiger partial charge in [0.05, 0.1) is 0 Å². The fourth-order valence-corrected chi connectivity index (χ4v) is 1.41. The minimum atomic E-state index is -0.530. The molecular weight excluding hydrogens is 212 g/mol. The highest BCUT2D eigenvalue weighted by atomic mass is 19.1. The average Bonchev–Trinajstić information content (AvgIpc) is 2.75. The Morgan fingerprint density at radius 3 is 2.50 bits per heavy atom. The highest BCUT2D eigenvalue weighted by Gasteiger charge is 2.07. The zero-order valence-electron chi connectivity index (χ0n) is 8.50. The van der Waals surface area contributed by atoms with Gasteiger partial charge in [-0.2, -0.15) is 5.10 Å². The van der Waals surface area contributed by atoms with Crippen molar-refractivity contribution >= 4 is 0 Å². The van der Waals surface area contributed by atoms with Gasteiger partial charge in [-0.25, -0.2) is 8.78 Å². The maximum Gasteiger partial charge on any atom is 0.130 e. The third-order valence-corrected chi connectivity index (χ3v) is 2.24. The van der Waals surface area contributed by atoms with Gasteiger partial charge in [0.15, 0.2) is 0 Å². The van der Waals surface area contributed by atoms with Crippen LogP contribution in [0.1, 0.15) is 11.3 Å². The molecule has 1 heterocycles. The van der Waals surface area contributed by atoms with Crippen LogP contribution >= 0.6 is 0 Å². The molecule has 2 N–H and O–H groups in total. The van der Waals surface area contributed by atoms with E-state index in [1.54, 1.807) is 12.3 Å². The van der Waals surface area contributed by atoms with E-state index >= 15 is 0 Å². The summed E-state index contributed by atoms with van der Waals surface area (Å²) < 4.78 is 26.4. The van der Waals surface area contributed by atoms with Crippen LogP contribution in [0, 0.1) is 11.6 Å². The molecule has 0 atom stereocenters. The minimum absolute atomic E-state index is 0.0574. The SMILES string of the molecule is Fc1cccc(F)c1CNCc1ccn[nH]1. The lowest BCUT2D eigenvalue weighted by molar-refractivity contribution is 0.534. The molecule has 5 heteroatoms. The zero-order valence-corrected chi connectivity index (χ0v) is 8.50. The number of aromatic nitrogens is 2. The Balaban J connectivity index is 1.95. The number of nitrogens with zero attached hydrogens (tertiary/aromatic N) is 1. The van der Waals surface area contributed by atoms with Crippen molar-refractivity contribution in [3.8, 4) is 0 Å². The third kappa shape index (κ3) is 2.43. The van der Waals surface area contributed by atoms with Crippen molar-refractivity contribution in [2.45, 2.75) is 13.1 Å². The summed E-state index contributed by atoms with van der Waals surface area (Å²) in [5.74, 6) is -1.06. The summed E-state index contributed by atoms with van der Waals surface area (Å²) in [5, 5.41) is 9.46. The van der Waals surface area contributed by atoms with Crippen molar-refractivity contribution in [2.24, 2.45) is 0 Å². The maximum absolute atomic E-state index is 13.2. The van der Waals surface area contributed by atoms with Crippen LogP contribution in [0.3, 0.4) is 0 Å². The molecule has 0 fully saturated rings. The second-order valence-electron chi connectivity index (χ2n) is 3.39. The Morgan fingerprint density at radius 1 is 1.12 bits per heavy atom. The summed E-state index contributed by atoms with van der Waals surface area (Å²) in [7, 11) is 0. The van der Waals surface area contributed by atoms with Gasteiger partial charge in [-0.1, -0.05) is 6.07 Å². The van der Waals surface area contributed by atoms with Crippen molar-refractivity contribution in [1.29, 1.82) is 0 Å². The van der Waals surface area contributed by atoms with Crippen molar-refractivity contribution in [3.05, 3.63) is 53.4 Å². The van der Waals surface area contributed by atoms with Crippen molar-refractivity contribution in [2.75, 3.05) is 0 Å². The lowest BCUT2D eigenvalue weighted by Crippen LogP contribution is -2.15. The van der Waals surface area contributed by atoms with Crippen LogP contribution in [0.15, 0.2) is 30.5 Å². The number of benzene rings is 1. The molecule has 0 radical (unpaired) electrons. The first-order valence-corrected chi connectivity index (χ1v) is 4.89. The Morgan fingerprint density at radius 2 is 1.88 bits per heavy atom. The van der Waals surface area contributed by atoms with E-state index in [4.69, 9.17) is 0 Å². The van der Waals surface area contributed by atoms with Crippen molar-refractivity contribution < 1.29 is 8.78 Å². The third-order valence-electron chi connectivity index (χ3n) is 2.24. The standard InChI is InChI=1S/C11H11F2N3/c12-10-2-1-3-11(13)9(10)7-14-6-8-4-5-15-16-8/h1-5,14H,6-7H2,(H,15,16). The van der Waals surface area contributed by atoms with E-state index in [1.807, 2.05) is 0 Å². The molecule has 0 aliphatic heterocycles. The molecule has 16 heavy (non-hydrogen) atoms. The van der Waals surface area contributed by atoms with Gasteiger partial charge in [0.1, 0.15) is 11.6 Å². The molecular formula is C11H11F2N3. The molecule has 3 nitrogen and oxygen atoms in total. The van der Waals surface area contributed by atoms with Gasteiger partial charge in [0, 0.05) is 30.5 Å². The summed E-state index contributed by atoms with van der Waals surface area (Å²) in [6, 6.07) is 5.64. The zero-order chi connectivity index (χ0) is 11.4. The molecule has 0 saturated carbocycles. The molecule has 84 valence electrons. The van der Waals surface area contributed by atoms with Crippen molar-refractivity contribution in [3.63, 3.8) is 0 Å².